The maximum atomic E-state index is 12.3. The molecule has 2 aliphatic rings. The minimum atomic E-state index is -0.113. The van der Waals surface area contributed by atoms with Gasteiger partial charge < -0.3 is 23.9 Å². The van der Waals surface area contributed by atoms with Gasteiger partial charge in [0.25, 0.3) is 0 Å². The summed E-state index contributed by atoms with van der Waals surface area (Å²) in [6.45, 7) is 12.3. The lowest BCUT2D eigenvalue weighted by molar-refractivity contribution is 0.0322. The highest BCUT2D eigenvalue weighted by atomic mass is 16.5. The largest absolute Gasteiger partial charge is 0.492 e. The number of carbonyl (C=O) groups excluding carboxylic acids is 1. The van der Waals surface area contributed by atoms with Crippen molar-refractivity contribution in [3.8, 4) is 22.8 Å². The van der Waals surface area contributed by atoms with Crippen LogP contribution in [0.3, 0.4) is 0 Å². The normalized spacial score (nSPS) is 16.2. The number of anilines is 1. The highest BCUT2D eigenvalue weighted by molar-refractivity contribution is 5.95. The van der Waals surface area contributed by atoms with Crippen LogP contribution in [-0.2, 0) is 11.2 Å². The fraction of sp³-hybridized carbons (Fsp3) is 0.448. The topological polar surface area (TPSA) is 89.3 Å². The van der Waals surface area contributed by atoms with Crippen LogP contribution < -0.4 is 19.7 Å². The summed E-state index contributed by atoms with van der Waals surface area (Å²) < 4.78 is 23.6. The average molecular weight is 521 g/mol. The average Bonchev–Trinajstić information content (AvgIpc) is 3.55. The molecule has 3 heterocycles. The monoisotopic (exact) mass is 520 g/mol. The first-order valence-corrected chi connectivity index (χ1v) is 13.3. The zero-order valence-electron chi connectivity index (χ0n) is 22.4. The van der Waals surface area contributed by atoms with Crippen molar-refractivity contribution >= 4 is 11.7 Å². The van der Waals surface area contributed by atoms with Crippen LogP contribution in [0.25, 0.3) is 11.3 Å². The Kier molecular flexibility index (Phi) is 8.14. The number of urea groups is 1. The Morgan fingerprint density at radius 2 is 1.92 bits per heavy atom. The van der Waals surface area contributed by atoms with E-state index in [2.05, 4.69) is 34.3 Å². The SMILES string of the molecule is Cc1ccc(OCCN2CCOCC2)cc1Cc1ncc(-c2cc(OC(C)C)cc(N3CCNC3=O)c2)o1. The number of benzene rings is 2. The molecule has 0 unspecified atom stereocenters. The van der Waals surface area contributed by atoms with Gasteiger partial charge in [-0.15, -0.1) is 0 Å². The molecule has 0 radical (unpaired) electrons. The van der Waals surface area contributed by atoms with E-state index in [1.54, 1.807) is 11.1 Å². The Morgan fingerprint density at radius 3 is 2.68 bits per heavy atom. The molecule has 3 aromatic rings. The quantitative estimate of drug-likeness (QED) is 0.427. The molecule has 2 fully saturated rings. The van der Waals surface area contributed by atoms with Gasteiger partial charge in [0.05, 0.1) is 25.5 Å². The molecular weight excluding hydrogens is 484 g/mol. The summed E-state index contributed by atoms with van der Waals surface area (Å²) >= 11 is 0. The number of aromatic nitrogens is 1. The fourth-order valence-electron chi connectivity index (χ4n) is 4.67. The first-order valence-electron chi connectivity index (χ1n) is 13.3. The molecule has 1 N–H and O–H groups in total. The van der Waals surface area contributed by atoms with Crippen LogP contribution in [0.4, 0.5) is 10.5 Å². The molecule has 0 bridgehead atoms. The van der Waals surface area contributed by atoms with Gasteiger partial charge in [-0.1, -0.05) is 6.07 Å². The predicted octanol–water partition coefficient (Wildman–Crippen LogP) is 4.27. The van der Waals surface area contributed by atoms with Crippen LogP contribution in [-0.4, -0.2) is 74.6 Å². The zero-order chi connectivity index (χ0) is 26.5. The molecule has 1 aromatic heterocycles. The number of oxazole rings is 1. The molecule has 202 valence electrons. The molecule has 0 aliphatic carbocycles. The number of carbonyl (C=O) groups is 1. The number of nitrogens with one attached hydrogen (secondary N) is 1. The van der Waals surface area contributed by atoms with Crippen LogP contribution in [0.5, 0.6) is 11.5 Å². The van der Waals surface area contributed by atoms with E-state index in [1.165, 1.54) is 0 Å². The van der Waals surface area contributed by atoms with E-state index < -0.39 is 0 Å². The van der Waals surface area contributed by atoms with Crippen molar-refractivity contribution in [2.45, 2.75) is 33.3 Å². The summed E-state index contributed by atoms with van der Waals surface area (Å²) in [5, 5.41) is 2.85. The third-order valence-electron chi connectivity index (χ3n) is 6.71. The molecule has 2 amide bonds. The van der Waals surface area contributed by atoms with E-state index in [-0.39, 0.29) is 12.1 Å². The second kappa shape index (κ2) is 11.9. The van der Waals surface area contributed by atoms with E-state index in [4.69, 9.17) is 18.6 Å². The van der Waals surface area contributed by atoms with E-state index in [9.17, 15) is 4.79 Å². The highest BCUT2D eigenvalue weighted by Crippen LogP contribution is 2.33. The molecule has 0 saturated carbocycles. The Balaban J connectivity index is 1.30. The lowest BCUT2D eigenvalue weighted by Crippen LogP contribution is -2.38. The van der Waals surface area contributed by atoms with Gasteiger partial charge in [-0.2, -0.15) is 0 Å². The first kappa shape index (κ1) is 26.1. The number of hydrogen-bond donors (Lipinski definition) is 1. The zero-order valence-corrected chi connectivity index (χ0v) is 22.4. The number of morpholine rings is 1. The van der Waals surface area contributed by atoms with Gasteiger partial charge >= 0.3 is 6.03 Å². The molecule has 2 aromatic carbocycles. The van der Waals surface area contributed by atoms with Gasteiger partial charge in [0.15, 0.2) is 11.7 Å². The van der Waals surface area contributed by atoms with Gasteiger partial charge in [0.1, 0.15) is 18.1 Å². The summed E-state index contributed by atoms with van der Waals surface area (Å²) in [6, 6.07) is 11.8. The lowest BCUT2D eigenvalue weighted by atomic mass is 10.1. The summed E-state index contributed by atoms with van der Waals surface area (Å²) in [7, 11) is 0. The molecule has 9 nitrogen and oxygen atoms in total. The third kappa shape index (κ3) is 6.46. The number of nitrogens with zero attached hydrogens (tertiary/aromatic N) is 3. The number of aryl methyl sites for hydroxylation is 1. The van der Waals surface area contributed by atoms with Gasteiger partial charge in [-0.25, -0.2) is 9.78 Å². The molecule has 0 spiro atoms. The fourth-order valence-corrected chi connectivity index (χ4v) is 4.67. The molecule has 5 rings (SSSR count). The molecular formula is C29H36N4O5. The molecule has 2 aliphatic heterocycles. The third-order valence-corrected chi connectivity index (χ3v) is 6.71. The van der Waals surface area contributed by atoms with Crippen LogP contribution >= 0.6 is 0 Å². The number of hydrogen-bond acceptors (Lipinski definition) is 7. The standard InChI is InChI=1S/C29H36N4O5/c1-20(2)37-26-16-23(14-24(18-26)33-7-6-30-29(33)34)27-19-31-28(38-27)17-22-15-25(5-4-21(22)3)36-13-10-32-8-11-35-12-9-32/h4-5,14-16,18-20H,6-13,17H2,1-3H3,(H,30,34). The van der Waals surface area contributed by atoms with Crippen molar-refractivity contribution in [1.29, 1.82) is 0 Å². The molecule has 2 saturated heterocycles. The van der Waals surface area contributed by atoms with Gasteiger partial charge in [-0.3, -0.25) is 9.80 Å². The first-order chi connectivity index (χ1) is 18.4. The minimum absolute atomic E-state index is 0.00197. The second-order valence-electron chi connectivity index (χ2n) is 9.95. The molecule has 9 heteroatoms. The van der Waals surface area contributed by atoms with Crippen molar-refractivity contribution in [1.82, 2.24) is 15.2 Å². The van der Waals surface area contributed by atoms with Crippen LogP contribution in [0.1, 0.15) is 30.9 Å². The summed E-state index contributed by atoms with van der Waals surface area (Å²) in [5.41, 5.74) is 3.84. The summed E-state index contributed by atoms with van der Waals surface area (Å²) in [6.07, 6.45) is 2.29. The number of amides is 2. The van der Waals surface area contributed by atoms with Crippen molar-refractivity contribution in [3.63, 3.8) is 0 Å². The smallest absolute Gasteiger partial charge is 0.321 e. The van der Waals surface area contributed by atoms with Gasteiger partial charge in [-0.05, 0) is 56.2 Å². The number of rotatable bonds is 10. The van der Waals surface area contributed by atoms with E-state index in [0.717, 1.165) is 61.0 Å². The Bertz CT molecular complexity index is 1250. The molecule has 0 atom stereocenters. The van der Waals surface area contributed by atoms with Crippen LogP contribution in [0.15, 0.2) is 47.0 Å². The van der Waals surface area contributed by atoms with Crippen LogP contribution in [0.2, 0.25) is 0 Å². The van der Waals surface area contributed by atoms with E-state index >= 15 is 0 Å². The lowest BCUT2D eigenvalue weighted by Gasteiger charge is -2.26. The minimum Gasteiger partial charge on any atom is -0.492 e. The van der Waals surface area contributed by atoms with Gasteiger partial charge in [0, 0.05) is 56.5 Å². The van der Waals surface area contributed by atoms with Crippen LogP contribution in [0, 0.1) is 6.92 Å². The Morgan fingerprint density at radius 1 is 1.08 bits per heavy atom. The van der Waals surface area contributed by atoms with Crippen molar-refractivity contribution in [2.75, 3.05) is 57.4 Å². The Labute approximate surface area is 223 Å². The summed E-state index contributed by atoms with van der Waals surface area (Å²) in [5.74, 6) is 2.77. The Hall–Kier alpha value is -3.56. The van der Waals surface area contributed by atoms with Crippen molar-refractivity contribution < 1.29 is 23.4 Å². The summed E-state index contributed by atoms with van der Waals surface area (Å²) in [4.78, 5) is 20.9. The maximum absolute atomic E-state index is 12.3. The second-order valence-corrected chi connectivity index (χ2v) is 9.95. The molecule has 38 heavy (non-hydrogen) atoms. The maximum Gasteiger partial charge on any atom is 0.321 e. The highest BCUT2D eigenvalue weighted by Gasteiger charge is 2.23. The van der Waals surface area contributed by atoms with E-state index in [1.807, 2.05) is 38.1 Å². The van der Waals surface area contributed by atoms with Crippen molar-refractivity contribution in [3.05, 3.63) is 59.6 Å². The van der Waals surface area contributed by atoms with E-state index in [0.29, 0.717) is 43.5 Å². The van der Waals surface area contributed by atoms with Crippen molar-refractivity contribution in [2.24, 2.45) is 0 Å². The number of ether oxygens (including phenoxy) is 3. The van der Waals surface area contributed by atoms with Gasteiger partial charge in [0.2, 0.25) is 0 Å². The predicted molar refractivity (Wildman–Crippen MR) is 145 cm³/mol.